The second-order valence-corrected chi connectivity index (χ2v) is 3.13. The van der Waals surface area contributed by atoms with E-state index in [2.05, 4.69) is 15.1 Å². The zero-order chi connectivity index (χ0) is 12.1. The minimum absolute atomic E-state index is 0.0583. The van der Waals surface area contributed by atoms with Crippen molar-refractivity contribution in [2.45, 2.75) is 0 Å². The van der Waals surface area contributed by atoms with Gasteiger partial charge in [-0.05, 0) is 24.3 Å². The van der Waals surface area contributed by atoms with Crippen LogP contribution >= 0.6 is 0 Å². The van der Waals surface area contributed by atoms with Crippen molar-refractivity contribution in [1.29, 1.82) is 0 Å². The Kier molecular flexibility index (Phi) is 3.15. The number of hydrogen-bond acceptors (Lipinski definition) is 5. The summed E-state index contributed by atoms with van der Waals surface area (Å²) in [6, 6.07) is 6.79. The average molecular weight is 230 g/mol. The lowest BCUT2D eigenvalue weighted by atomic mass is 10.2. The maximum Gasteiger partial charge on any atom is 0.230 e. The second-order valence-electron chi connectivity index (χ2n) is 3.13. The van der Waals surface area contributed by atoms with Crippen molar-refractivity contribution >= 4 is 5.84 Å². The molecule has 0 fully saturated rings. The highest BCUT2D eigenvalue weighted by molar-refractivity contribution is 5.99. The molecule has 0 bridgehead atoms. The topological polar surface area (TPSA) is 93.6 Å². The van der Waals surface area contributed by atoms with Crippen molar-refractivity contribution in [2.75, 3.05) is 0 Å². The quantitative estimate of drug-likeness (QED) is 0.359. The molecular weight excluding hydrogens is 220 g/mol. The van der Waals surface area contributed by atoms with Gasteiger partial charge in [0.25, 0.3) is 0 Å². The van der Waals surface area contributed by atoms with Crippen LogP contribution in [-0.2, 0) is 0 Å². The molecule has 0 amide bonds. The van der Waals surface area contributed by atoms with Crippen LogP contribution in [-0.4, -0.2) is 21.0 Å². The fourth-order valence-corrected chi connectivity index (χ4v) is 1.24. The van der Waals surface area contributed by atoms with Crippen molar-refractivity contribution in [2.24, 2.45) is 10.9 Å². The molecule has 0 saturated heterocycles. The molecule has 0 unspecified atom stereocenters. The summed E-state index contributed by atoms with van der Waals surface area (Å²) in [7, 11) is 0. The lowest BCUT2D eigenvalue weighted by molar-refractivity contribution is 0.318. The van der Waals surface area contributed by atoms with Crippen molar-refractivity contribution < 1.29 is 9.94 Å². The highest BCUT2D eigenvalue weighted by Gasteiger charge is 2.09. The smallest absolute Gasteiger partial charge is 0.230 e. The van der Waals surface area contributed by atoms with Gasteiger partial charge in [-0.15, -0.1) is 0 Å². The third-order valence-corrected chi connectivity index (χ3v) is 2.00. The maximum atomic E-state index is 8.65. The standard InChI is InChI=1S/C11H10N4O2/c12-10(15-16)9-4-2-6-14-11(9)17-8-3-1-5-13-7-8/h1-7,16H,(H2,12,15). The monoisotopic (exact) mass is 230 g/mol. The van der Waals surface area contributed by atoms with E-state index < -0.39 is 0 Å². The normalized spacial score (nSPS) is 11.2. The molecule has 0 aliphatic heterocycles. The lowest BCUT2D eigenvalue weighted by Crippen LogP contribution is -2.14. The Labute approximate surface area is 97.4 Å². The first-order valence-corrected chi connectivity index (χ1v) is 4.82. The van der Waals surface area contributed by atoms with Gasteiger partial charge in [-0.2, -0.15) is 0 Å². The Morgan fingerprint density at radius 1 is 1.29 bits per heavy atom. The number of hydrogen-bond donors (Lipinski definition) is 2. The molecule has 0 saturated carbocycles. The lowest BCUT2D eigenvalue weighted by Gasteiger charge is -2.07. The molecule has 2 heterocycles. The number of amidine groups is 1. The number of nitrogens with zero attached hydrogens (tertiary/aromatic N) is 3. The minimum atomic E-state index is -0.0583. The first-order chi connectivity index (χ1) is 8.31. The van der Waals surface area contributed by atoms with E-state index in [0.717, 1.165) is 0 Å². The molecule has 86 valence electrons. The summed E-state index contributed by atoms with van der Waals surface area (Å²) in [5.41, 5.74) is 5.93. The molecule has 0 atom stereocenters. The fraction of sp³-hybridized carbons (Fsp3) is 0. The SMILES string of the molecule is N/C(=N\O)c1cccnc1Oc1cccnc1. The van der Waals surface area contributed by atoms with Gasteiger partial charge < -0.3 is 15.7 Å². The zero-order valence-corrected chi connectivity index (χ0v) is 8.82. The van der Waals surface area contributed by atoms with E-state index in [4.69, 9.17) is 15.7 Å². The van der Waals surface area contributed by atoms with Gasteiger partial charge in [0.05, 0.1) is 11.8 Å². The summed E-state index contributed by atoms with van der Waals surface area (Å²) in [5.74, 6) is 0.728. The summed E-state index contributed by atoms with van der Waals surface area (Å²) < 4.78 is 5.49. The van der Waals surface area contributed by atoms with Crippen molar-refractivity contribution in [3.05, 3.63) is 48.4 Å². The fourth-order valence-electron chi connectivity index (χ4n) is 1.24. The van der Waals surface area contributed by atoms with Gasteiger partial charge >= 0.3 is 0 Å². The van der Waals surface area contributed by atoms with Crippen molar-refractivity contribution in [3.63, 3.8) is 0 Å². The maximum absolute atomic E-state index is 8.65. The second kappa shape index (κ2) is 4.93. The number of rotatable bonds is 3. The van der Waals surface area contributed by atoms with Crippen LogP contribution in [0.2, 0.25) is 0 Å². The summed E-state index contributed by atoms with van der Waals surface area (Å²) in [5, 5.41) is 11.6. The summed E-state index contributed by atoms with van der Waals surface area (Å²) in [4.78, 5) is 7.93. The first-order valence-electron chi connectivity index (χ1n) is 4.82. The first kappa shape index (κ1) is 10.9. The summed E-state index contributed by atoms with van der Waals surface area (Å²) >= 11 is 0. The van der Waals surface area contributed by atoms with Crippen molar-refractivity contribution in [1.82, 2.24) is 9.97 Å². The number of nitrogens with two attached hydrogens (primary N) is 1. The highest BCUT2D eigenvalue weighted by atomic mass is 16.5. The van der Waals surface area contributed by atoms with E-state index in [0.29, 0.717) is 11.3 Å². The molecule has 0 aromatic carbocycles. The van der Waals surface area contributed by atoms with Crippen LogP contribution in [0.15, 0.2) is 48.0 Å². The van der Waals surface area contributed by atoms with E-state index in [9.17, 15) is 0 Å². The van der Waals surface area contributed by atoms with E-state index in [1.165, 1.54) is 0 Å². The van der Waals surface area contributed by atoms with E-state index in [1.54, 1.807) is 42.9 Å². The van der Waals surface area contributed by atoms with E-state index >= 15 is 0 Å². The summed E-state index contributed by atoms with van der Waals surface area (Å²) in [6.07, 6.45) is 4.74. The Balaban J connectivity index is 2.33. The van der Waals surface area contributed by atoms with Gasteiger partial charge in [0.1, 0.15) is 5.75 Å². The zero-order valence-electron chi connectivity index (χ0n) is 8.82. The van der Waals surface area contributed by atoms with Crippen molar-refractivity contribution in [3.8, 4) is 11.6 Å². The predicted molar refractivity (Wildman–Crippen MR) is 61.1 cm³/mol. The molecule has 6 heteroatoms. The van der Waals surface area contributed by atoms with Crippen LogP contribution in [0.1, 0.15) is 5.56 Å². The minimum Gasteiger partial charge on any atom is -0.437 e. The van der Waals surface area contributed by atoms with Crippen LogP contribution in [0.5, 0.6) is 11.6 Å². The molecule has 17 heavy (non-hydrogen) atoms. The molecule has 2 aromatic rings. The van der Waals surface area contributed by atoms with Crippen LogP contribution in [0, 0.1) is 0 Å². The van der Waals surface area contributed by atoms with Crippen LogP contribution in [0.25, 0.3) is 0 Å². The van der Waals surface area contributed by atoms with Crippen LogP contribution < -0.4 is 10.5 Å². The van der Waals surface area contributed by atoms with E-state index in [-0.39, 0.29) is 11.7 Å². The van der Waals surface area contributed by atoms with Gasteiger partial charge in [0.15, 0.2) is 5.84 Å². The number of ether oxygens (including phenoxy) is 1. The van der Waals surface area contributed by atoms with E-state index in [1.807, 2.05) is 0 Å². The molecule has 0 aliphatic carbocycles. The Hall–Kier alpha value is -2.63. The average Bonchev–Trinajstić information content (AvgIpc) is 2.40. The molecule has 3 N–H and O–H groups in total. The Morgan fingerprint density at radius 2 is 2.12 bits per heavy atom. The van der Waals surface area contributed by atoms with Gasteiger partial charge in [0, 0.05) is 12.4 Å². The predicted octanol–water partition coefficient (Wildman–Crippen LogP) is 1.36. The van der Waals surface area contributed by atoms with Gasteiger partial charge in [-0.1, -0.05) is 5.16 Å². The largest absolute Gasteiger partial charge is 0.437 e. The van der Waals surface area contributed by atoms with Gasteiger partial charge in [-0.3, -0.25) is 4.98 Å². The molecule has 0 aliphatic rings. The number of oxime groups is 1. The van der Waals surface area contributed by atoms with Gasteiger partial charge in [0.2, 0.25) is 5.88 Å². The molecule has 0 radical (unpaired) electrons. The third-order valence-electron chi connectivity index (χ3n) is 2.00. The molecule has 0 spiro atoms. The third kappa shape index (κ3) is 2.49. The molecular formula is C11H10N4O2. The van der Waals surface area contributed by atoms with Gasteiger partial charge in [-0.25, -0.2) is 4.98 Å². The Morgan fingerprint density at radius 3 is 2.82 bits per heavy atom. The highest BCUT2D eigenvalue weighted by Crippen LogP contribution is 2.21. The summed E-state index contributed by atoms with van der Waals surface area (Å²) in [6.45, 7) is 0. The van der Waals surface area contributed by atoms with Crippen LogP contribution in [0.4, 0.5) is 0 Å². The molecule has 2 aromatic heterocycles. The number of aromatic nitrogens is 2. The number of pyridine rings is 2. The Bertz CT molecular complexity index is 528. The molecule has 2 rings (SSSR count). The van der Waals surface area contributed by atoms with Crippen LogP contribution in [0.3, 0.4) is 0 Å². The molecule has 6 nitrogen and oxygen atoms in total.